The van der Waals surface area contributed by atoms with Gasteiger partial charge in [-0.2, -0.15) is 0 Å². The number of unbranched alkanes of at least 4 members (excludes halogenated alkanes) is 3. The van der Waals surface area contributed by atoms with Crippen molar-refractivity contribution in [2.45, 2.75) is 70.8 Å². The summed E-state index contributed by atoms with van der Waals surface area (Å²) >= 11 is 0. The van der Waals surface area contributed by atoms with Crippen molar-refractivity contribution < 1.29 is 14.7 Å². The van der Waals surface area contributed by atoms with Gasteiger partial charge in [0, 0.05) is 31.4 Å². The Hall–Kier alpha value is -2.54. The third kappa shape index (κ3) is 9.00. The molecule has 1 aliphatic heterocycles. The average Bonchev–Trinajstić information content (AvgIpc) is 3.05. The third-order valence-corrected chi connectivity index (χ3v) is 5.27. The average molecular weight is 396 g/mol. The molecule has 0 saturated carbocycles. The van der Waals surface area contributed by atoms with E-state index in [4.69, 9.17) is 5.11 Å². The largest absolute Gasteiger partial charge is 0.481 e. The van der Waals surface area contributed by atoms with Gasteiger partial charge in [-0.15, -0.1) is 0 Å². The lowest BCUT2D eigenvalue weighted by molar-refractivity contribution is -0.137. The number of amides is 1. The van der Waals surface area contributed by atoms with Gasteiger partial charge in [0.15, 0.2) is 0 Å². The summed E-state index contributed by atoms with van der Waals surface area (Å²) in [5, 5.41) is 8.67. The Balaban J connectivity index is 1.68. The molecular weight excluding hydrogens is 362 g/mol. The number of carboxylic acids is 1. The van der Waals surface area contributed by atoms with Crippen molar-refractivity contribution >= 4 is 11.9 Å². The molecule has 4 heteroatoms. The molecule has 1 aromatic rings. The molecule has 1 fully saturated rings. The quantitative estimate of drug-likeness (QED) is 0.324. The van der Waals surface area contributed by atoms with Gasteiger partial charge in [0.2, 0.25) is 5.91 Å². The van der Waals surface area contributed by atoms with Gasteiger partial charge >= 0.3 is 5.97 Å². The van der Waals surface area contributed by atoms with E-state index in [1.807, 2.05) is 35.2 Å². The second-order valence-electron chi connectivity index (χ2n) is 7.89. The van der Waals surface area contributed by atoms with E-state index >= 15 is 0 Å². The number of benzene rings is 1. The van der Waals surface area contributed by atoms with E-state index < -0.39 is 5.97 Å². The monoisotopic (exact) mass is 395 g/mol. The summed E-state index contributed by atoms with van der Waals surface area (Å²) in [6.07, 6.45) is 11.6. The number of allylic oxidation sites excluding steroid dienone is 1. The Labute approximate surface area is 175 Å². The van der Waals surface area contributed by atoms with Crippen molar-refractivity contribution in [1.29, 1.82) is 0 Å². The van der Waals surface area contributed by atoms with E-state index in [1.165, 1.54) is 0 Å². The van der Waals surface area contributed by atoms with E-state index in [9.17, 15) is 9.59 Å². The first kappa shape index (κ1) is 22.7. The molecule has 1 N–H and O–H groups in total. The minimum Gasteiger partial charge on any atom is -0.481 e. The normalized spacial score (nSPS) is 17.3. The zero-order valence-electron chi connectivity index (χ0n) is 17.5. The number of nitrogens with zero attached hydrogens (tertiary/aromatic N) is 1. The highest BCUT2D eigenvalue weighted by Gasteiger charge is 2.28. The molecule has 1 aliphatic rings. The topological polar surface area (TPSA) is 57.6 Å². The lowest BCUT2D eigenvalue weighted by Crippen LogP contribution is -2.32. The minimum absolute atomic E-state index is 0.212. The smallest absolute Gasteiger partial charge is 0.303 e. The Kier molecular flexibility index (Phi) is 10.1. The molecule has 1 aromatic carbocycles. The van der Waals surface area contributed by atoms with Crippen LogP contribution in [0.25, 0.3) is 0 Å². The molecule has 2 unspecified atom stereocenters. The summed E-state index contributed by atoms with van der Waals surface area (Å²) in [4.78, 5) is 24.7. The van der Waals surface area contributed by atoms with Crippen LogP contribution in [-0.2, 0) is 9.59 Å². The molecule has 29 heavy (non-hydrogen) atoms. The maximum absolute atomic E-state index is 12.2. The molecular formula is C25H33NO3. The van der Waals surface area contributed by atoms with Crippen LogP contribution in [0, 0.1) is 17.8 Å². The summed E-state index contributed by atoms with van der Waals surface area (Å²) in [6.45, 7) is 2.98. The van der Waals surface area contributed by atoms with Crippen LogP contribution >= 0.6 is 0 Å². The van der Waals surface area contributed by atoms with E-state index in [1.54, 1.807) is 0 Å². The predicted molar refractivity (Wildman–Crippen MR) is 116 cm³/mol. The van der Waals surface area contributed by atoms with Crippen LogP contribution < -0.4 is 0 Å². The number of likely N-dealkylation sites (tertiary alicyclic amines) is 1. The summed E-state index contributed by atoms with van der Waals surface area (Å²) in [5.74, 6) is 6.47. The number of aliphatic carboxylic acids is 1. The lowest BCUT2D eigenvalue weighted by atomic mass is 10.0. The van der Waals surface area contributed by atoms with Crippen molar-refractivity contribution in [3.05, 3.63) is 48.0 Å². The highest BCUT2D eigenvalue weighted by molar-refractivity contribution is 5.79. The van der Waals surface area contributed by atoms with Crippen molar-refractivity contribution in [2.75, 3.05) is 6.54 Å². The van der Waals surface area contributed by atoms with Crippen LogP contribution in [-0.4, -0.2) is 34.5 Å². The molecule has 156 valence electrons. The van der Waals surface area contributed by atoms with Gasteiger partial charge in [-0.05, 0) is 43.7 Å². The second-order valence-corrected chi connectivity index (χ2v) is 7.89. The molecule has 1 saturated heterocycles. The number of hydrogen-bond acceptors (Lipinski definition) is 2. The molecule has 0 aromatic heterocycles. The summed E-state index contributed by atoms with van der Waals surface area (Å²) in [7, 11) is 0. The Morgan fingerprint density at radius 3 is 2.76 bits per heavy atom. The molecule has 0 aliphatic carbocycles. The molecule has 0 bridgehead atoms. The Morgan fingerprint density at radius 1 is 1.24 bits per heavy atom. The van der Waals surface area contributed by atoms with Crippen LogP contribution in [0.5, 0.6) is 0 Å². The van der Waals surface area contributed by atoms with Crippen molar-refractivity contribution in [3.8, 4) is 11.8 Å². The molecule has 4 nitrogen and oxygen atoms in total. The van der Waals surface area contributed by atoms with Gasteiger partial charge in [-0.3, -0.25) is 9.59 Å². The fourth-order valence-electron chi connectivity index (χ4n) is 3.56. The fourth-order valence-corrected chi connectivity index (χ4v) is 3.56. The van der Waals surface area contributed by atoms with Crippen LogP contribution in [0.4, 0.5) is 0 Å². The Bertz CT molecular complexity index is 729. The van der Waals surface area contributed by atoms with E-state index in [2.05, 4.69) is 30.9 Å². The van der Waals surface area contributed by atoms with Gasteiger partial charge < -0.3 is 10.0 Å². The van der Waals surface area contributed by atoms with Crippen LogP contribution in [0.3, 0.4) is 0 Å². The van der Waals surface area contributed by atoms with Gasteiger partial charge in [-0.25, -0.2) is 0 Å². The molecule has 0 spiro atoms. The SMILES string of the molecule is CC(CC#Cc1ccccc1)C/C=C/C1CCC(=O)N1CCCCCCC(=O)O. The number of hydrogen-bond donors (Lipinski definition) is 1. The van der Waals surface area contributed by atoms with Crippen molar-refractivity contribution in [2.24, 2.45) is 5.92 Å². The number of carboxylic acid groups (broad SMARTS) is 1. The maximum Gasteiger partial charge on any atom is 0.303 e. The first-order chi connectivity index (χ1) is 14.1. The molecule has 0 radical (unpaired) electrons. The second kappa shape index (κ2) is 12.8. The molecule has 1 amide bonds. The van der Waals surface area contributed by atoms with E-state index in [0.29, 0.717) is 12.3 Å². The summed E-state index contributed by atoms with van der Waals surface area (Å²) < 4.78 is 0. The first-order valence-corrected chi connectivity index (χ1v) is 10.8. The number of carbonyl (C=O) groups excluding carboxylic acids is 1. The van der Waals surface area contributed by atoms with Gasteiger partial charge in [0.25, 0.3) is 0 Å². The zero-order valence-corrected chi connectivity index (χ0v) is 17.5. The molecule has 2 atom stereocenters. The fraction of sp³-hybridized carbons (Fsp3) is 0.520. The predicted octanol–water partition coefficient (Wildman–Crippen LogP) is 5.04. The maximum atomic E-state index is 12.2. The summed E-state index contributed by atoms with van der Waals surface area (Å²) in [5.41, 5.74) is 1.05. The van der Waals surface area contributed by atoms with Crippen LogP contribution in [0.15, 0.2) is 42.5 Å². The third-order valence-electron chi connectivity index (χ3n) is 5.27. The van der Waals surface area contributed by atoms with Gasteiger partial charge in [-0.1, -0.05) is 62.0 Å². The Morgan fingerprint density at radius 2 is 2.00 bits per heavy atom. The summed E-state index contributed by atoms with van der Waals surface area (Å²) in [6, 6.07) is 10.3. The van der Waals surface area contributed by atoms with Gasteiger partial charge in [0.05, 0.1) is 6.04 Å². The van der Waals surface area contributed by atoms with Crippen LogP contribution in [0.2, 0.25) is 0 Å². The van der Waals surface area contributed by atoms with Crippen molar-refractivity contribution in [3.63, 3.8) is 0 Å². The number of carbonyl (C=O) groups is 2. The highest BCUT2D eigenvalue weighted by Crippen LogP contribution is 2.21. The van der Waals surface area contributed by atoms with Gasteiger partial charge in [0.1, 0.15) is 0 Å². The van der Waals surface area contributed by atoms with E-state index in [0.717, 1.165) is 57.1 Å². The number of rotatable bonds is 11. The zero-order chi connectivity index (χ0) is 20.9. The highest BCUT2D eigenvalue weighted by atomic mass is 16.4. The standard InChI is InChI=1S/C25H33NO3/c1-21(11-9-15-22-13-5-4-6-14-22)12-10-16-23-18-19-24(27)26(23)20-8-3-2-7-17-25(28)29/h4-6,10,13-14,16,21,23H,2-3,7-8,11-12,17-20H2,1H3,(H,28,29)/b16-10+. The van der Waals surface area contributed by atoms with Crippen molar-refractivity contribution in [1.82, 2.24) is 4.90 Å². The first-order valence-electron chi connectivity index (χ1n) is 10.8. The molecule has 2 rings (SSSR count). The lowest BCUT2D eigenvalue weighted by Gasteiger charge is -2.22. The van der Waals surface area contributed by atoms with E-state index in [-0.39, 0.29) is 18.4 Å². The van der Waals surface area contributed by atoms with Crippen LogP contribution in [0.1, 0.15) is 70.3 Å². The molecule has 1 heterocycles. The minimum atomic E-state index is -0.731.